The van der Waals surface area contributed by atoms with Gasteiger partial charge in [-0.25, -0.2) is 4.98 Å². The van der Waals surface area contributed by atoms with Gasteiger partial charge in [-0.3, -0.25) is 4.68 Å². The number of hydrogen-bond donors (Lipinski definition) is 1. The Balaban J connectivity index is 1.75. The SMILES string of the molecule is COCc1nsc(NCc2cn(C)nc2-c2ccccc2)n1. The van der Waals surface area contributed by atoms with Gasteiger partial charge in [0.05, 0.1) is 5.69 Å². The lowest BCUT2D eigenvalue weighted by atomic mass is 10.1. The van der Waals surface area contributed by atoms with Crippen molar-refractivity contribution < 1.29 is 4.74 Å². The maximum Gasteiger partial charge on any atom is 0.202 e. The Labute approximate surface area is 132 Å². The fourth-order valence-corrected chi connectivity index (χ4v) is 2.76. The van der Waals surface area contributed by atoms with Gasteiger partial charge < -0.3 is 10.1 Å². The van der Waals surface area contributed by atoms with Crippen LogP contribution in [0, 0.1) is 0 Å². The van der Waals surface area contributed by atoms with E-state index < -0.39 is 0 Å². The fourth-order valence-electron chi connectivity index (χ4n) is 2.19. The molecule has 0 spiro atoms. The molecule has 0 fully saturated rings. The number of nitrogens with zero attached hydrogens (tertiary/aromatic N) is 4. The van der Waals surface area contributed by atoms with Crippen LogP contribution in [0.5, 0.6) is 0 Å². The topological polar surface area (TPSA) is 64.9 Å². The second-order valence-corrected chi connectivity index (χ2v) is 5.60. The highest BCUT2D eigenvalue weighted by atomic mass is 32.1. The zero-order chi connectivity index (χ0) is 15.4. The van der Waals surface area contributed by atoms with E-state index in [0.717, 1.165) is 22.0 Å². The third-order valence-electron chi connectivity index (χ3n) is 3.12. The first-order valence-corrected chi connectivity index (χ1v) is 7.67. The number of anilines is 1. The van der Waals surface area contributed by atoms with Crippen LogP contribution in [0.2, 0.25) is 0 Å². The number of ether oxygens (including phenoxy) is 1. The molecular formula is C15H17N5OS. The summed E-state index contributed by atoms with van der Waals surface area (Å²) in [6.07, 6.45) is 2.02. The lowest BCUT2D eigenvalue weighted by Crippen LogP contribution is -2.00. The summed E-state index contributed by atoms with van der Waals surface area (Å²) in [5.74, 6) is 0.699. The average molecular weight is 315 g/mol. The van der Waals surface area contributed by atoms with E-state index in [2.05, 4.69) is 31.9 Å². The van der Waals surface area contributed by atoms with Gasteiger partial charge in [-0.05, 0) is 0 Å². The van der Waals surface area contributed by atoms with Gasteiger partial charge in [0.1, 0.15) is 6.61 Å². The molecule has 0 saturated heterocycles. The van der Waals surface area contributed by atoms with Crippen molar-refractivity contribution in [3.8, 4) is 11.3 Å². The van der Waals surface area contributed by atoms with Crippen molar-refractivity contribution in [3.63, 3.8) is 0 Å². The molecule has 114 valence electrons. The summed E-state index contributed by atoms with van der Waals surface area (Å²) in [6, 6.07) is 10.2. The van der Waals surface area contributed by atoms with Crippen molar-refractivity contribution in [3.05, 3.63) is 47.9 Å². The molecule has 0 aliphatic carbocycles. The van der Waals surface area contributed by atoms with E-state index >= 15 is 0 Å². The second kappa shape index (κ2) is 6.67. The summed E-state index contributed by atoms with van der Waals surface area (Å²) in [6.45, 7) is 1.08. The van der Waals surface area contributed by atoms with E-state index in [1.807, 2.05) is 36.1 Å². The standard InChI is InChI=1S/C15H17N5OS/c1-20-9-12(14(18-20)11-6-4-3-5-7-11)8-16-15-17-13(10-21-2)19-22-15/h3-7,9H,8,10H2,1-2H3,(H,16,17,19). The van der Waals surface area contributed by atoms with Crippen molar-refractivity contribution in [1.82, 2.24) is 19.1 Å². The number of aryl methyl sites for hydroxylation is 1. The highest BCUT2D eigenvalue weighted by molar-refractivity contribution is 7.09. The molecule has 0 atom stereocenters. The molecule has 0 aliphatic heterocycles. The molecule has 0 bridgehead atoms. The molecule has 22 heavy (non-hydrogen) atoms. The van der Waals surface area contributed by atoms with E-state index in [-0.39, 0.29) is 0 Å². The third kappa shape index (κ3) is 3.32. The monoisotopic (exact) mass is 315 g/mol. The first kappa shape index (κ1) is 14.7. The van der Waals surface area contributed by atoms with Crippen LogP contribution in [0.4, 0.5) is 5.13 Å². The van der Waals surface area contributed by atoms with Gasteiger partial charge in [0.25, 0.3) is 0 Å². The Kier molecular flexibility index (Phi) is 4.45. The van der Waals surface area contributed by atoms with Crippen molar-refractivity contribution in [1.29, 1.82) is 0 Å². The maximum absolute atomic E-state index is 5.02. The molecule has 0 radical (unpaired) electrons. The van der Waals surface area contributed by atoms with Crippen LogP contribution in [-0.2, 0) is 24.9 Å². The van der Waals surface area contributed by atoms with Gasteiger partial charge in [0.2, 0.25) is 5.13 Å². The number of nitrogens with one attached hydrogen (secondary N) is 1. The van der Waals surface area contributed by atoms with E-state index in [9.17, 15) is 0 Å². The predicted molar refractivity (Wildman–Crippen MR) is 86.6 cm³/mol. The summed E-state index contributed by atoms with van der Waals surface area (Å²) in [7, 11) is 3.56. The Morgan fingerprint density at radius 3 is 2.86 bits per heavy atom. The van der Waals surface area contributed by atoms with Crippen LogP contribution >= 0.6 is 11.5 Å². The van der Waals surface area contributed by atoms with Gasteiger partial charge in [-0.1, -0.05) is 30.3 Å². The fraction of sp³-hybridized carbons (Fsp3) is 0.267. The third-order valence-corrected chi connectivity index (χ3v) is 3.83. The summed E-state index contributed by atoms with van der Waals surface area (Å²) in [5.41, 5.74) is 3.21. The van der Waals surface area contributed by atoms with Crippen LogP contribution in [0.1, 0.15) is 11.4 Å². The minimum atomic E-state index is 0.431. The number of aromatic nitrogens is 4. The second-order valence-electron chi connectivity index (χ2n) is 4.84. The number of hydrogen-bond acceptors (Lipinski definition) is 6. The van der Waals surface area contributed by atoms with Crippen molar-refractivity contribution in [2.45, 2.75) is 13.2 Å². The van der Waals surface area contributed by atoms with Gasteiger partial charge >= 0.3 is 0 Å². The Morgan fingerprint density at radius 2 is 2.09 bits per heavy atom. The number of rotatable bonds is 6. The zero-order valence-corrected chi connectivity index (χ0v) is 13.3. The van der Waals surface area contributed by atoms with Gasteiger partial charge in [-0.2, -0.15) is 9.47 Å². The lowest BCUT2D eigenvalue weighted by Gasteiger charge is -2.03. The van der Waals surface area contributed by atoms with E-state index in [1.54, 1.807) is 7.11 Å². The molecule has 0 aliphatic rings. The summed E-state index contributed by atoms with van der Waals surface area (Å²) >= 11 is 1.34. The molecule has 6 nitrogen and oxygen atoms in total. The minimum Gasteiger partial charge on any atom is -0.377 e. The smallest absolute Gasteiger partial charge is 0.202 e. The lowest BCUT2D eigenvalue weighted by molar-refractivity contribution is 0.179. The Bertz CT molecular complexity index is 737. The Morgan fingerprint density at radius 1 is 1.27 bits per heavy atom. The van der Waals surface area contributed by atoms with Crippen LogP contribution in [0.3, 0.4) is 0 Å². The van der Waals surface area contributed by atoms with Gasteiger partial charge in [-0.15, -0.1) is 0 Å². The first-order chi connectivity index (χ1) is 10.8. The summed E-state index contributed by atoms with van der Waals surface area (Å²) in [4.78, 5) is 4.37. The molecule has 0 unspecified atom stereocenters. The largest absolute Gasteiger partial charge is 0.377 e. The number of methoxy groups -OCH3 is 1. The maximum atomic E-state index is 5.02. The first-order valence-electron chi connectivity index (χ1n) is 6.89. The molecule has 7 heteroatoms. The van der Waals surface area contributed by atoms with Crippen molar-refractivity contribution >= 4 is 16.7 Å². The van der Waals surface area contributed by atoms with E-state index in [4.69, 9.17) is 4.74 Å². The van der Waals surface area contributed by atoms with Crippen LogP contribution in [-0.4, -0.2) is 26.2 Å². The van der Waals surface area contributed by atoms with Crippen LogP contribution in [0.25, 0.3) is 11.3 Å². The molecule has 2 aromatic heterocycles. The quantitative estimate of drug-likeness (QED) is 0.757. The molecular weight excluding hydrogens is 298 g/mol. The predicted octanol–water partition coefficient (Wildman–Crippen LogP) is 2.70. The van der Waals surface area contributed by atoms with Crippen LogP contribution in [0.15, 0.2) is 36.5 Å². The summed E-state index contributed by atoms with van der Waals surface area (Å²) < 4.78 is 11.1. The summed E-state index contributed by atoms with van der Waals surface area (Å²) in [5, 5.41) is 8.64. The minimum absolute atomic E-state index is 0.431. The van der Waals surface area contributed by atoms with Crippen molar-refractivity contribution in [2.75, 3.05) is 12.4 Å². The molecule has 1 aromatic carbocycles. The normalized spacial score (nSPS) is 10.8. The highest BCUT2D eigenvalue weighted by Crippen LogP contribution is 2.23. The molecule has 3 aromatic rings. The Hall–Kier alpha value is -2.25. The van der Waals surface area contributed by atoms with Crippen molar-refractivity contribution in [2.24, 2.45) is 7.05 Å². The number of benzene rings is 1. The van der Waals surface area contributed by atoms with E-state index in [0.29, 0.717) is 19.0 Å². The highest BCUT2D eigenvalue weighted by Gasteiger charge is 2.11. The van der Waals surface area contributed by atoms with Crippen LogP contribution < -0.4 is 5.32 Å². The zero-order valence-electron chi connectivity index (χ0n) is 12.5. The molecule has 0 saturated carbocycles. The van der Waals surface area contributed by atoms with Gasteiger partial charge in [0, 0.05) is 49.6 Å². The average Bonchev–Trinajstić information content (AvgIpc) is 3.13. The molecule has 3 rings (SSSR count). The van der Waals surface area contributed by atoms with E-state index in [1.165, 1.54) is 11.5 Å². The molecule has 0 amide bonds. The molecule has 1 N–H and O–H groups in total. The molecule has 2 heterocycles. The van der Waals surface area contributed by atoms with Gasteiger partial charge in [0.15, 0.2) is 5.82 Å².